The van der Waals surface area contributed by atoms with Crippen molar-refractivity contribution in [1.29, 1.82) is 0 Å². The summed E-state index contributed by atoms with van der Waals surface area (Å²) in [6.07, 6.45) is 3.59. The van der Waals surface area contributed by atoms with E-state index < -0.39 is 30.1 Å². The van der Waals surface area contributed by atoms with Gasteiger partial charge in [-0.25, -0.2) is 0 Å². The van der Waals surface area contributed by atoms with E-state index >= 15 is 0 Å². The number of benzene rings is 1. The Morgan fingerprint density at radius 2 is 0.938 bits per heavy atom. The summed E-state index contributed by atoms with van der Waals surface area (Å²) < 4.78 is 86.2. The van der Waals surface area contributed by atoms with E-state index in [2.05, 4.69) is 11.7 Å². The lowest BCUT2D eigenvalue weighted by Crippen LogP contribution is -2.56. The smallest absolute Gasteiger partial charge is 0.354 e. The Kier molecular flexibility index (Phi) is 13.3. The standard InChI is InChI=1S/C25H38F6O/c1-2-3-4-5-6-7-8-9-10-11-12-13-14-18-21-32-23(24(26,27)28,25(29,30)31)22-19-16-15-17-20-22/h15-17,19-20H,2-14,18,21H2,1H3. The molecule has 32 heavy (non-hydrogen) atoms. The molecule has 1 nitrogen and oxygen atoms in total. The van der Waals surface area contributed by atoms with E-state index in [1.807, 2.05) is 0 Å². The van der Waals surface area contributed by atoms with Gasteiger partial charge in [0.1, 0.15) is 0 Å². The largest absolute Gasteiger partial charge is 0.430 e. The summed E-state index contributed by atoms with van der Waals surface area (Å²) in [5.41, 5.74) is -5.23. The van der Waals surface area contributed by atoms with Gasteiger partial charge in [0, 0.05) is 12.2 Å². The second-order valence-electron chi connectivity index (χ2n) is 8.49. The van der Waals surface area contributed by atoms with Gasteiger partial charge in [0.15, 0.2) is 0 Å². The van der Waals surface area contributed by atoms with Crippen LogP contribution in [0.1, 0.15) is 102 Å². The summed E-state index contributed by atoms with van der Waals surface area (Å²) in [5.74, 6) is 0. The van der Waals surface area contributed by atoms with Crippen molar-refractivity contribution in [2.75, 3.05) is 6.61 Å². The van der Waals surface area contributed by atoms with Crippen LogP contribution in [-0.2, 0) is 10.3 Å². The third-order valence-corrected chi connectivity index (χ3v) is 5.80. The summed E-state index contributed by atoms with van der Waals surface area (Å²) in [7, 11) is 0. The van der Waals surface area contributed by atoms with Gasteiger partial charge in [0.25, 0.3) is 5.60 Å². The molecule has 0 saturated carbocycles. The molecule has 0 aliphatic heterocycles. The maximum atomic E-state index is 13.6. The van der Waals surface area contributed by atoms with Gasteiger partial charge in [-0.2, -0.15) is 26.3 Å². The zero-order valence-corrected chi connectivity index (χ0v) is 19.2. The Labute approximate surface area is 188 Å². The van der Waals surface area contributed by atoms with Crippen LogP contribution < -0.4 is 0 Å². The molecule has 0 unspecified atom stereocenters. The Morgan fingerprint density at radius 1 is 0.562 bits per heavy atom. The van der Waals surface area contributed by atoms with E-state index in [0.717, 1.165) is 49.9 Å². The third-order valence-electron chi connectivity index (χ3n) is 5.80. The highest BCUT2D eigenvalue weighted by Crippen LogP contribution is 2.52. The number of ether oxygens (including phenoxy) is 1. The average molecular weight is 469 g/mol. The van der Waals surface area contributed by atoms with Crippen LogP contribution in [0.2, 0.25) is 0 Å². The topological polar surface area (TPSA) is 9.23 Å². The molecule has 0 aliphatic carbocycles. The average Bonchev–Trinajstić information content (AvgIpc) is 2.72. The molecule has 0 amide bonds. The number of hydrogen-bond acceptors (Lipinski definition) is 1. The van der Waals surface area contributed by atoms with Crippen LogP contribution in [-0.4, -0.2) is 19.0 Å². The van der Waals surface area contributed by atoms with Crippen LogP contribution >= 0.6 is 0 Å². The Balaban J connectivity index is 2.29. The molecule has 0 fully saturated rings. The van der Waals surface area contributed by atoms with Gasteiger partial charge in [-0.1, -0.05) is 121 Å². The highest BCUT2D eigenvalue weighted by atomic mass is 19.4. The van der Waals surface area contributed by atoms with Gasteiger partial charge in [-0.15, -0.1) is 0 Å². The Bertz CT molecular complexity index is 568. The molecule has 0 saturated heterocycles. The second-order valence-corrected chi connectivity index (χ2v) is 8.49. The first-order chi connectivity index (χ1) is 15.2. The molecule has 0 radical (unpaired) electrons. The molecule has 186 valence electrons. The fourth-order valence-corrected chi connectivity index (χ4v) is 3.93. The van der Waals surface area contributed by atoms with Gasteiger partial charge in [-0.05, 0) is 6.42 Å². The molecular formula is C25H38F6O. The monoisotopic (exact) mass is 468 g/mol. The number of halogens is 6. The van der Waals surface area contributed by atoms with E-state index in [9.17, 15) is 26.3 Å². The number of alkyl halides is 6. The van der Waals surface area contributed by atoms with E-state index in [4.69, 9.17) is 0 Å². The van der Waals surface area contributed by atoms with Crippen molar-refractivity contribution in [3.05, 3.63) is 35.9 Å². The van der Waals surface area contributed by atoms with E-state index in [0.29, 0.717) is 6.42 Å². The number of rotatable bonds is 17. The van der Waals surface area contributed by atoms with Gasteiger partial charge in [0.2, 0.25) is 0 Å². The molecule has 0 bridgehead atoms. The molecule has 7 heteroatoms. The van der Waals surface area contributed by atoms with Gasteiger partial charge in [0.05, 0.1) is 0 Å². The first-order valence-corrected chi connectivity index (χ1v) is 12.0. The first kappa shape index (κ1) is 28.8. The van der Waals surface area contributed by atoms with Crippen LogP contribution in [0.5, 0.6) is 0 Å². The lowest BCUT2D eigenvalue weighted by atomic mass is 9.92. The molecule has 0 N–H and O–H groups in total. The van der Waals surface area contributed by atoms with Crippen molar-refractivity contribution < 1.29 is 31.1 Å². The maximum absolute atomic E-state index is 13.6. The fourth-order valence-electron chi connectivity index (χ4n) is 3.93. The van der Waals surface area contributed by atoms with Crippen LogP contribution in [0.15, 0.2) is 30.3 Å². The number of hydrogen-bond donors (Lipinski definition) is 0. The molecule has 1 aromatic rings. The third kappa shape index (κ3) is 9.32. The quantitative estimate of drug-likeness (QED) is 0.163. The molecule has 0 heterocycles. The number of unbranched alkanes of at least 4 members (excludes halogenated alkanes) is 13. The lowest BCUT2D eigenvalue weighted by molar-refractivity contribution is -0.389. The van der Waals surface area contributed by atoms with Crippen molar-refractivity contribution >= 4 is 0 Å². The summed E-state index contributed by atoms with van der Waals surface area (Å²) in [6.45, 7) is 1.61. The predicted octanol–water partition coefficient (Wildman–Crippen LogP) is 9.50. The molecule has 0 aliphatic rings. The zero-order chi connectivity index (χ0) is 23.9. The molecule has 0 aromatic heterocycles. The zero-order valence-electron chi connectivity index (χ0n) is 19.2. The van der Waals surface area contributed by atoms with Crippen LogP contribution in [0.4, 0.5) is 26.3 Å². The van der Waals surface area contributed by atoms with Crippen LogP contribution in [0, 0.1) is 0 Å². The van der Waals surface area contributed by atoms with Gasteiger partial charge in [-0.3, -0.25) is 0 Å². The minimum absolute atomic E-state index is 0.165. The summed E-state index contributed by atoms with van der Waals surface area (Å²) in [4.78, 5) is 0. The summed E-state index contributed by atoms with van der Waals surface area (Å²) >= 11 is 0. The van der Waals surface area contributed by atoms with Crippen LogP contribution in [0.3, 0.4) is 0 Å². The highest BCUT2D eigenvalue weighted by Gasteiger charge is 2.73. The Hall–Kier alpha value is -1.24. The predicted molar refractivity (Wildman–Crippen MR) is 116 cm³/mol. The molecule has 1 rings (SSSR count). The van der Waals surface area contributed by atoms with Crippen molar-refractivity contribution in [2.45, 2.75) is 115 Å². The van der Waals surface area contributed by atoms with Crippen LogP contribution in [0.25, 0.3) is 0 Å². The Morgan fingerprint density at radius 3 is 1.31 bits per heavy atom. The molecular weight excluding hydrogens is 430 g/mol. The fraction of sp³-hybridized carbons (Fsp3) is 0.760. The highest BCUT2D eigenvalue weighted by molar-refractivity contribution is 5.27. The van der Waals surface area contributed by atoms with Crippen molar-refractivity contribution in [2.24, 2.45) is 0 Å². The van der Waals surface area contributed by atoms with Gasteiger partial charge < -0.3 is 4.74 Å². The molecule has 0 spiro atoms. The SMILES string of the molecule is CCCCCCCCCCCCCCCCOC(c1ccccc1)(C(F)(F)F)C(F)(F)F. The van der Waals surface area contributed by atoms with E-state index in [-0.39, 0.29) is 6.42 Å². The van der Waals surface area contributed by atoms with Gasteiger partial charge >= 0.3 is 12.4 Å². The minimum atomic E-state index is -5.61. The van der Waals surface area contributed by atoms with Crippen molar-refractivity contribution in [3.63, 3.8) is 0 Å². The van der Waals surface area contributed by atoms with Crippen molar-refractivity contribution in [3.8, 4) is 0 Å². The van der Waals surface area contributed by atoms with Crippen molar-refractivity contribution in [1.82, 2.24) is 0 Å². The molecule has 1 aromatic carbocycles. The van der Waals surface area contributed by atoms with E-state index in [1.54, 1.807) is 0 Å². The molecule has 0 atom stereocenters. The lowest BCUT2D eigenvalue weighted by Gasteiger charge is -2.37. The second kappa shape index (κ2) is 14.8. The summed E-state index contributed by atoms with van der Waals surface area (Å²) in [5, 5.41) is 0. The normalized spacial score (nSPS) is 13.0. The maximum Gasteiger partial charge on any atom is 0.430 e. The van der Waals surface area contributed by atoms with E-state index in [1.165, 1.54) is 57.4 Å². The summed E-state index contributed by atoms with van der Waals surface area (Å²) in [6, 6.07) is 5.29. The minimum Gasteiger partial charge on any atom is -0.354 e. The first-order valence-electron chi connectivity index (χ1n) is 12.0.